The molecule has 21 heavy (non-hydrogen) atoms. The maximum Gasteiger partial charge on any atom is 0.162 e. The summed E-state index contributed by atoms with van der Waals surface area (Å²) in [6, 6.07) is 5.18. The summed E-state index contributed by atoms with van der Waals surface area (Å²) < 4.78 is 13.9. The fourth-order valence-corrected chi connectivity index (χ4v) is 3.54. The summed E-state index contributed by atoms with van der Waals surface area (Å²) in [4.78, 5) is 11.3. The first kappa shape index (κ1) is 16.2. The summed E-state index contributed by atoms with van der Waals surface area (Å²) in [5.41, 5.74) is 1.29. The van der Waals surface area contributed by atoms with Crippen molar-refractivity contribution in [2.24, 2.45) is 5.92 Å². The number of halogens is 1. The van der Waals surface area contributed by atoms with Crippen LogP contribution in [-0.4, -0.2) is 5.78 Å². The lowest BCUT2D eigenvalue weighted by Gasteiger charge is -2.29. The Morgan fingerprint density at radius 3 is 2.48 bits per heavy atom. The smallest absolute Gasteiger partial charge is 0.162 e. The van der Waals surface area contributed by atoms with Gasteiger partial charge in [0.05, 0.1) is 5.56 Å². The molecular formula is C19H27FO. The van der Waals surface area contributed by atoms with Gasteiger partial charge in [0.2, 0.25) is 0 Å². The van der Waals surface area contributed by atoms with Gasteiger partial charge in [-0.2, -0.15) is 0 Å². The van der Waals surface area contributed by atoms with E-state index in [4.69, 9.17) is 0 Å². The molecule has 1 nitrogen and oxygen atoms in total. The van der Waals surface area contributed by atoms with Crippen molar-refractivity contribution in [3.8, 4) is 0 Å². The zero-order valence-electron chi connectivity index (χ0n) is 13.3. The molecule has 0 aromatic heterocycles. The average molecular weight is 290 g/mol. The Hall–Kier alpha value is -1.18. The van der Waals surface area contributed by atoms with E-state index in [1.165, 1.54) is 45.4 Å². The van der Waals surface area contributed by atoms with Crippen molar-refractivity contribution in [2.45, 2.75) is 71.1 Å². The van der Waals surface area contributed by atoms with Gasteiger partial charge >= 0.3 is 0 Å². The molecule has 0 N–H and O–H groups in total. The van der Waals surface area contributed by atoms with Crippen LogP contribution in [0.2, 0.25) is 0 Å². The van der Waals surface area contributed by atoms with E-state index >= 15 is 0 Å². The van der Waals surface area contributed by atoms with E-state index < -0.39 is 0 Å². The monoisotopic (exact) mass is 290 g/mol. The van der Waals surface area contributed by atoms with Gasteiger partial charge < -0.3 is 0 Å². The highest BCUT2D eigenvalue weighted by Crippen LogP contribution is 2.38. The summed E-state index contributed by atoms with van der Waals surface area (Å²) in [5, 5.41) is 0. The fourth-order valence-electron chi connectivity index (χ4n) is 3.54. The van der Waals surface area contributed by atoms with E-state index in [9.17, 15) is 9.18 Å². The van der Waals surface area contributed by atoms with Crippen molar-refractivity contribution in [1.82, 2.24) is 0 Å². The minimum Gasteiger partial charge on any atom is -0.294 e. The van der Waals surface area contributed by atoms with Gasteiger partial charge in [-0.05, 0) is 62.1 Å². The number of carbonyl (C=O) groups excluding carboxylic acids is 1. The SMILES string of the molecule is CCCCCC1CCC(c2ccc(C(C)=O)c(F)c2)CC1. The van der Waals surface area contributed by atoms with Gasteiger partial charge in [0.15, 0.2) is 5.78 Å². The highest BCUT2D eigenvalue weighted by molar-refractivity contribution is 5.94. The van der Waals surface area contributed by atoms with Crippen LogP contribution in [0.1, 0.15) is 87.1 Å². The molecule has 1 fully saturated rings. The summed E-state index contributed by atoms with van der Waals surface area (Å²) in [6.45, 7) is 3.66. The third kappa shape index (κ3) is 4.39. The number of rotatable bonds is 6. The second-order valence-electron chi connectivity index (χ2n) is 6.51. The highest BCUT2D eigenvalue weighted by atomic mass is 19.1. The van der Waals surface area contributed by atoms with E-state index in [1.54, 1.807) is 12.1 Å². The van der Waals surface area contributed by atoms with E-state index in [1.807, 2.05) is 6.07 Å². The Morgan fingerprint density at radius 2 is 1.90 bits per heavy atom. The average Bonchev–Trinajstić information content (AvgIpc) is 2.48. The molecule has 116 valence electrons. The Balaban J connectivity index is 1.90. The third-order valence-corrected chi connectivity index (χ3v) is 4.91. The van der Waals surface area contributed by atoms with Crippen LogP contribution in [0.25, 0.3) is 0 Å². The van der Waals surface area contributed by atoms with Crippen LogP contribution in [0, 0.1) is 11.7 Å². The molecule has 0 spiro atoms. The Bertz CT molecular complexity index is 472. The summed E-state index contributed by atoms with van der Waals surface area (Å²) in [7, 11) is 0. The zero-order chi connectivity index (χ0) is 15.2. The van der Waals surface area contributed by atoms with E-state index in [-0.39, 0.29) is 17.2 Å². The standard InChI is InChI=1S/C19H27FO/c1-3-4-5-6-15-7-9-16(10-8-15)17-11-12-18(14(2)21)19(20)13-17/h11-13,15-16H,3-10H2,1-2H3. The third-order valence-electron chi connectivity index (χ3n) is 4.91. The molecule has 1 saturated carbocycles. The lowest BCUT2D eigenvalue weighted by Crippen LogP contribution is -2.14. The van der Waals surface area contributed by atoms with Crippen LogP contribution in [0.4, 0.5) is 4.39 Å². The summed E-state index contributed by atoms with van der Waals surface area (Å²) >= 11 is 0. The van der Waals surface area contributed by atoms with Gasteiger partial charge in [-0.1, -0.05) is 38.7 Å². The molecule has 0 atom stereocenters. The van der Waals surface area contributed by atoms with Gasteiger partial charge in [-0.25, -0.2) is 4.39 Å². The normalized spacial score (nSPS) is 22.2. The Kier molecular flexibility index (Phi) is 5.96. The van der Waals surface area contributed by atoms with Crippen molar-refractivity contribution in [1.29, 1.82) is 0 Å². The number of carbonyl (C=O) groups is 1. The van der Waals surface area contributed by atoms with Crippen molar-refractivity contribution < 1.29 is 9.18 Å². The molecule has 2 rings (SSSR count). The van der Waals surface area contributed by atoms with E-state index in [2.05, 4.69) is 6.92 Å². The van der Waals surface area contributed by atoms with Crippen LogP contribution in [0.5, 0.6) is 0 Å². The molecule has 1 aromatic rings. The van der Waals surface area contributed by atoms with Crippen LogP contribution < -0.4 is 0 Å². The second-order valence-corrected chi connectivity index (χ2v) is 6.51. The minimum atomic E-state index is -0.356. The minimum absolute atomic E-state index is 0.196. The zero-order valence-corrected chi connectivity index (χ0v) is 13.3. The van der Waals surface area contributed by atoms with Crippen LogP contribution in [-0.2, 0) is 0 Å². The molecule has 0 aliphatic heterocycles. The number of unbranched alkanes of at least 4 members (excludes halogenated alkanes) is 2. The molecular weight excluding hydrogens is 263 g/mol. The van der Waals surface area contributed by atoms with Crippen molar-refractivity contribution in [3.63, 3.8) is 0 Å². The maximum absolute atomic E-state index is 13.9. The van der Waals surface area contributed by atoms with Crippen LogP contribution in [0.3, 0.4) is 0 Å². The first-order chi connectivity index (χ1) is 10.1. The van der Waals surface area contributed by atoms with Crippen molar-refractivity contribution in [3.05, 3.63) is 35.1 Å². The van der Waals surface area contributed by atoms with Gasteiger partial charge in [0.1, 0.15) is 5.82 Å². The Labute approximate surface area is 127 Å². The van der Waals surface area contributed by atoms with E-state index in [0.717, 1.165) is 24.3 Å². The maximum atomic E-state index is 13.9. The first-order valence-electron chi connectivity index (χ1n) is 8.42. The molecule has 2 heteroatoms. The molecule has 1 aliphatic carbocycles. The lowest BCUT2D eigenvalue weighted by atomic mass is 9.77. The Morgan fingerprint density at radius 1 is 1.19 bits per heavy atom. The molecule has 0 amide bonds. The molecule has 0 heterocycles. The predicted octanol–water partition coefficient (Wildman–Crippen LogP) is 5.88. The van der Waals surface area contributed by atoms with Gasteiger partial charge in [0, 0.05) is 0 Å². The number of ketones is 1. The quantitative estimate of drug-likeness (QED) is 0.472. The molecule has 1 aliphatic rings. The topological polar surface area (TPSA) is 17.1 Å². The van der Waals surface area contributed by atoms with Crippen molar-refractivity contribution >= 4 is 5.78 Å². The molecule has 0 unspecified atom stereocenters. The van der Waals surface area contributed by atoms with E-state index in [0.29, 0.717) is 5.92 Å². The highest BCUT2D eigenvalue weighted by Gasteiger charge is 2.23. The van der Waals surface area contributed by atoms with Crippen molar-refractivity contribution in [2.75, 3.05) is 0 Å². The van der Waals surface area contributed by atoms with Gasteiger partial charge in [-0.3, -0.25) is 4.79 Å². The van der Waals surface area contributed by atoms with Gasteiger partial charge in [-0.15, -0.1) is 0 Å². The molecule has 0 saturated heterocycles. The lowest BCUT2D eigenvalue weighted by molar-refractivity contribution is 0.101. The number of hydrogen-bond acceptors (Lipinski definition) is 1. The largest absolute Gasteiger partial charge is 0.294 e. The molecule has 1 aromatic carbocycles. The predicted molar refractivity (Wildman–Crippen MR) is 85.2 cm³/mol. The second kappa shape index (κ2) is 7.72. The van der Waals surface area contributed by atoms with Crippen LogP contribution in [0.15, 0.2) is 18.2 Å². The fraction of sp³-hybridized carbons (Fsp3) is 0.632. The van der Waals surface area contributed by atoms with Crippen LogP contribution >= 0.6 is 0 Å². The summed E-state index contributed by atoms with van der Waals surface area (Å²) in [6.07, 6.45) is 10.2. The molecule has 0 bridgehead atoms. The number of hydrogen-bond donors (Lipinski definition) is 0. The number of benzene rings is 1. The molecule has 0 radical (unpaired) electrons. The first-order valence-corrected chi connectivity index (χ1v) is 8.42. The summed E-state index contributed by atoms with van der Waals surface area (Å²) in [5.74, 6) is 0.792. The van der Waals surface area contributed by atoms with Gasteiger partial charge in [0.25, 0.3) is 0 Å². The number of Topliss-reactive ketones (excluding diaryl/α,β-unsaturated/α-hetero) is 1.